The minimum Gasteiger partial charge on any atom is -0.491 e. The minimum atomic E-state index is -0.355. The number of carbonyl (C=O) groups excluding carboxylic acids is 2. The molecule has 2 heterocycles. The summed E-state index contributed by atoms with van der Waals surface area (Å²) in [5, 5.41) is 9.07. The van der Waals surface area contributed by atoms with Crippen LogP contribution in [0.4, 0.5) is 5.69 Å². The number of nitrogens with zero attached hydrogens (tertiary/aromatic N) is 4. The number of piperazine rings is 1. The van der Waals surface area contributed by atoms with Gasteiger partial charge in [0.2, 0.25) is 0 Å². The predicted molar refractivity (Wildman–Crippen MR) is 122 cm³/mol. The third-order valence-electron chi connectivity index (χ3n) is 5.65. The fourth-order valence-corrected chi connectivity index (χ4v) is 3.99. The molecule has 0 unspecified atom stereocenters. The highest BCUT2D eigenvalue weighted by Gasteiger charge is 2.42. The third-order valence-corrected chi connectivity index (χ3v) is 5.65. The number of carbonyl (C=O) groups is 2. The highest BCUT2D eigenvalue weighted by atomic mass is 16.5. The molecule has 2 aromatic rings. The Labute approximate surface area is 188 Å². The number of hydrogen-bond acceptors (Lipinski definition) is 6. The average Bonchev–Trinajstić information content (AvgIpc) is 3.04. The largest absolute Gasteiger partial charge is 0.491 e. The molecule has 1 fully saturated rings. The molecular weight excluding hydrogens is 404 g/mol. The molecule has 2 aromatic carbocycles. The number of rotatable bonds is 5. The van der Waals surface area contributed by atoms with Gasteiger partial charge in [0.1, 0.15) is 11.4 Å². The van der Waals surface area contributed by atoms with Gasteiger partial charge < -0.3 is 14.5 Å². The van der Waals surface area contributed by atoms with Gasteiger partial charge in [-0.1, -0.05) is 12.1 Å². The molecule has 32 heavy (non-hydrogen) atoms. The molecule has 7 nitrogen and oxygen atoms in total. The Balaban J connectivity index is 1.75. The van der Waals surface area contributed by atoms with Crippen LogP contribution in [0.2, 0.25) is 0 Å². The molecule has 0 spiro atoms. The van der Waals surface area contributed by atoms with Crippen molar-refractivity contribution in [1.29, 1.82) is 5.26 Å². The minimum absolute atomic E-state index is 0.0440. The van der Waals surface area contributed by atoms with Crippen molar-refractivity contribution in [3.8, 4) is 11.8 Å². The maximum atomic E-state index is 13.6. The van der Waals surface area contributed by atoms with E-state index in [9.17, 15) is 9.59 Å². The summed E-state index contributed by atoms with van der Waals surface area (Å²) in [6.45, 7) is 6.88. The van der Waals surface area contributed by atoms with Crippen LogP contribution in [0.3, 0.4) is 0 Å². The van der Waals surface area contributed by atoms with Crippen molar-refractivity contribution in [1.82, 2.24) is 9.80 Å². The van der Waals surface area contributed by atoms with Gasteiger partial charge in [-0.3, -0.25) is 9.59 Å². The molecule has 1 saturated heterocycles. The fourth-order valence-electron chi connectivity index (χ4n) is 3.99. The first-order valence-electron chi connectivity index (χ1n) is 10.7. The average molecular weight is 431 g/mol. The van der Waals surface area contributed by atoms with E-state index in [1.807, 2.05) is 50.1 Å². The quantitative estimate of drug-likeness (QED) is 0.679. The molecular formula is C25H26N4O3. The SMILES string of the molecule is CC(C)Oc1ccc(C2=C(N3CCN(C)CC3)C(=O)N(c3ccc(C#N)cc3)C2=O)cc1. The number of likely N-dealkylation sites (N-methyl/N-ethyl adjacent to an activating group) is 1. The summed E-state index contributed by atoms with van der Waals surface area (Å²) in [6, 6.07) is 15.9. The van der Waals surface area contributed by atoms with Crippen molar-refractivity contribution >= 4 is 23.1 Å². The zero-order chi connectivity index (χ0) is 22.8. The first-order valence-corrected chi connectivity index (χ1v) is 10.7. The zero-order valence-corrected chi connectivity index (χ0v) is 18.5. The second-order valence-corrected chi connectivity index (χ2v) is 8.31. The van der Waals surface area contributed by atoms with E-state index in [-0.39, 0.29) is 17.9 Å². The molecule has 2 aliphatic rings. The van der Waals surface area contributed by atoms with Gasteiger partial charge >= 0.3 is 0 Å². The summed E-state index contributed by atoms with van der Waals surface area (Å²) in [7, 11) is 2.05. The second kappa shape index (κ2) is 8.85. The molecule has 2 amide bonds. The molecule has 0 N–H and O–H groups in total. The first kappa shape index (κ1) is 21.6. The number of hydrogen-bond donors (Lipinski definition) is 0. The van der Waals surface area contributed by atoms with Crippen molar-refractivity contribution in [2.45, 2.75) is 20.0 Å². The third kappa shape index (κ3) is 4.10. The van der Waals surface area contributed by atoms with Crippen molar-refractivity contribution in [3.05, 3.63) is 65.4 Å². The molecule has 4 rings (SSSR count). The summed E-state index contributed by atoms with van der Waals surface area (Å²) >= 11 is 0. The van der Waals surface area contributed by atoms with Crippen LogP contribution >= 0.6 is 0 Å². The van der Waals surface area contributed by atoms with Crippen LogP contribution in [0.15, 0.2) is 54.2 Å². The monoisotopic (exact) mass is 430 g/mol. The maximum absolute atomic E-state index is 13.6. The van der Waals surface area contributed by atoms with E-state index < -0.39 is 0 Å². The van der Waals surface area contributed by atoms with Crippen molar-refractivity contribution in [3.63, 3.8) is 0 Å². The zero-order valence-electron chi connectivity index (χ0n) is 18.5. The Morgan fingerprint density at radius 2 is 1.53 bits per heavy atom. The Morgan fingerprint density at radius 3 is 2.09 bits per heavy atom. The van der Waals surface area contributed by atoms with E-state index in [4.69, 9.17) is 10.00 Å². The molecule has 164 valence electrons. The van der Waals surface area contributed by atoms with Crippen LogP contribution in [0, 0.1) is 11.3 Å². The van der Waals surface area contributed by atoms with Gasteiger partial charge in [0.15, 0.2) is 0 Å². The Bertz CT molecular complexity index is 1090. The molecule has 0 atom stereocenters. The topological polar surface area (TPSA) is 76.9 Å². The lowest BCUT2D eigenvalue weighted by Gasteiger charge is -2.34. The van der Waals surface area contributed by atoms with Gasteiger partial charge in [-0.2, -0.15) is 5.26 Å². The number of nitriles is 1. The van der Waals surface area contributed by atoms with Crippen molar-refractivity contribution < 1.29 is 14.3 Å². The van der Waals surface area contributed by atoms with Crippen LogP contribution in [0.1, 0.15) is 25.0 Å². The lowest BCUT2D eigenvalue weighted by atomic mass is 10.0. The molecule has 0 bridgehead atoms. The second-order valence-electron chi connectivity index (χ2n) is 8.31. The predicted octanol–water partition coefficient (Wildman–Crippen LogP) is 2.88. The summed E-state index contributed by atoms with van der Waals surface area (Å²) in [5.74, 6) is 0.0270. The van der Waals surface area contributed by atoms with Gasteiger partial charge in [-0.05, 0) is 62.9 Å². The van der Waals surface area contributed by atoms with Crippen molar-refractivity contribution in [2.75, 3.05) is 38.1 Å². The van der Waals surface area contributed by atoms with Gasteiger partial charge in [-0.25, -0.2) is 4.90 Å². The molecule has 0 radical (unpaired) electrons. The molecule has 0 aliphatic carbocycles. The number of imide groups is 1. The van der Waals surface area contributed by atoms with Gasteiger partial charge in [0.25, 0.3) is 11.8 Å². The lowest BCUT2D eigenvalue weighted by Crippen LogP contribution is -2.46. The van der Waals surface area contributed by atoms with Crippen LogP contribution < -0.4 is 9.64 Å². The standard InChI is InChI=1S/C25H26N4O3/c1-17(2)32-21-10-6-19(7-11-21)22-23(28-14-12-27(3)13-15-28)25(31)29(24(22)30)20-8-4-18(16-26)5-9-20/h4-11,17H,12-15H2,1-3H3. The van der Waals surface area contributed by atoms with Crippen LogP contribution in [-0.4, -0.2) is 60.9 Å². The van der Waals surface area contributed by atoms with E-state index in [1.165, 1.54) is 4.90 Å². The van der Waals surface area contributed by atoms with Crippen LogP contribution in [0.25, 0.3) is 5.57 Å². The number of benzene rings is 2. The number of ether oxygens (including phenoxy) is 1. The van der Waals surface area contributed by atoms with E-state index >= 15 is 0 Å². The number of amides is 2. The van der Waals surface area contributed by atoms with Gasteiger partial charge in [-0.15, -0.1) is 0 Å². The van der Waals surface area contributed by atoms with E-state index in [0.29, 0.717) is 46.9 Å². The Morgan fingerprint density at radius 1 is 0.906 bits per heavy atom. The summed E-state index contributed by atoms with van der Waals surface area (Å²) < 4.78 is 5.73. The molecule has 2 aliphatic heterocycles. The maximum Gasteiger partial charge on any atom is 0.282 e. The normalized spacial score (nSPS) is 17.3. The summed E-state index contributed by atoms with van der Waals surface area (Å²) in [4.78, 5) is 32.5. The lowest BCUT2D eigenvalue weighted by molar-refractivity contribution is -0.120. The van der Waals surface area contributed by atoms with Crippen molar-refractivity contribution in [2.24, 2.45) is 0 Å². The highest BCUT2D eigenvalue weighted by molar-refractivity contribution is 6.45. The molecule has 0 saturated carbocycles. The van der Waals surface area contributed by atoms with Crippen LogP contribution in [0.5, 0.6) is 5.75 Å². The van der Waals surface area contributed by atoms with Gasteiger partial charge in [0, 0.05) is 26.2 Å². The Kier molecular flexibility index (Phi) is 5.97. The Hall–Kier alpha value is -3.63. The molecule has 7 heteroatoms. The van der Waals surface area contributed by atoms with E-state index in [1.54, 1.807) is 24.3 Å². The van der Waals surface area contributed by atoms with Gasteiger partial charge in [0.05, 0.1) is 29.0 Å². The smallest absolute Gasteiger partial charge is 0.282 e. The highest BCUT2D eigenvalue weighted by Crippen LogP contribution is 2.35. The fraction of sp³-hybridized carbons (Fsp3) is 0.320. The molecule has 0 aromatic heterocycles. The van der Waals surface area contributed by atoms with E-state index in [2.05, 4.69) is 11.0 Å². The van der Waals surface area contributed by atoms with Crippen LogP contribution in [-0.2, 0) is 9.59 Å². The van der Waals surface area contributed by atoms with E-state index in [0.717, 1.165) is 13.1 Å². The summed E-state index contributed by atoms with van der Waals surface area (Å²) in [5.41, 5.74) is 2.45. The number of anilines is 1. The first-order chi connectivity index (χ1) is 15.4. The summed E-state index contributed by atoms with van der Waals surface area (Å²) in [6.07, 6.45) is 0.0440.